The summed E-state index contributed by atoms with van der Waals surface area (Å²) in [6, 6.07) is 11.6. The Labute approximate surface area is 156 Å². The summed E-state index contributed by atoms with van der Waals surface area (Å²) in [4.78, 5) is 2.63. The number of rotatable bonds is 4. The van der Waals surface area contributed by atoms with Gasteiger partial charge in [0.15, 0.2) is 9.79 Å². The van der Waals surface area contributed by atoms with Crippen LogP contribution in [0.25, 0.3) is 0 Å². The third kappa shape index (κ3) is 3.80. The molecular formula is C21H24O2S2. The predicted octanol–water partition coefficient (Wildman–Crippen LogP) is 2.97. The summed E-state index contributed by atoms with van der Waals surface area (Å²) in [5.74, 6) is 5.15. The first-order chi connectivity index (χ1) is 12.2. The van der Waals surface area contributed by atoms with E-state index in [9.17, 15) is 10.2 Å². The van der Waals surface area contributed by atoms with E-state index in [1.165, 1.54) is 58.5 Å². The van der Waals surface area contributed by atoms with Crippen LogP contribution in [0.4, 0.5) is 0 Å². The van der Waals surface area contributed by atoms with Crippen LogP contribution in [0.15, 0.2) is 46.2 Å². The predicted molar refractivity (Wildman–Crippen MR) is 104 cm³/mol. The molecule has 132 valence electrons. The zero-order valence-electron chi connectivity index (χ0n) is 14.5. The van der Waals surface area contributed by atoms with E-state index in [4.69, 9.17) is 0 Å². The van der Waals surface area contributed by atoms with E-state index in [-0.39, 0.29) is 11.5 Å². The van der Waals surface area contributed by atoms with E-state index in [0.717, 1.165) is 11.1 Å². The van der Waals surface area contributed by atoms with E-state index >= 15 is 0 Å². The van der Waals surface area contributed by atoms with Crippen molar-refractivity contribution in [1.82, 2.24) is 0 Å². The summed E-state index contributed by atoms with van der Waals surface area (Å²) in [5, 5.41) is 24.7. The van der Waals surface area contributed by atoms with Crippen molar-refractivity contribution in [3.63, 3.8) is 0 Å². The zero-order valence-corrected chi connectivity index (χ0v) is 16.1. The van der Waals surface area contributed by atoms with Crippen LogP contribution in [0.1, 0.15) is 36.8 Å². The van der Waals surface area contributed by atoms with Crippen molar-refractivity contribution in [2.75, 3.05) is 23.0 Å². The van der Waals surface area contributed by atoms with Crippen LogP contribution >= 0.6 is 0 Å². The maximum absolute atomic E-state index is 12.3. The highest BCUT2D eigenvalue weighted by Gasteiger charge is 2.28. The van der Waals surface area contributed by atoms with E-state index in [2.05, 4.69) is 12.1 Å². The van der Waals surface area contributed by atoms with Gasteiger partial charge in [0.1, 0.15) is 23.0 Å². The average molecular weight is 373 g/mol. The first kappa shape index (κ1) is 17.2. The Hall–Kier alpha value is -1.26. The van der Waals surface area contributed by atoms with Gasteiger partial charge < -0.3 is 10.2 Å². The van der Waals surface area contributed by atoms with Crippen LogP contribution in [0.5, 0.6) is 11.5 Å². The lowest BCUT2D eigenvalue weighted by atomic mass is 10.0. The highest BCUT2D eigenvalue weighted by Crippen LogP contribution is 2.31. The van der Waals surface area contributed by atoms with Crippen molar-refractivity contribution in [3.05, 3.63) is 47.5 Å². The van der Waals surface area contributed by atoms with Crippen LogP contribution in [0.2, 0.25) is 0 Å². The van der Waals surface area contributed by atoms with Gasteiger partial charge >= 0.3 is 0 Å². The number of hydrogen-bond donors (Lipinski definition) is 0. The van der Waals surface area contributed by atoms with E-state index in [1.54, 1.807) is 12.1 Å². The fraction of sp³-hybridized carbons (Fsp3) is 0.429. The zero-order chi connectivity index (χ0) is 17.2. The SMILES string of the molecule is [O-]c1ccc([S+]2CCCC2)cc1Cc1cc([S+]2CCCC2)ccc1[O-]. The Morgan fingerprint density at radius 2 is 1.04 bits per heavy atom. The quantitative estimate of drug-likeness (QED) is 0.775. The second-order valence-electron chi connectivity index (χ2n) is 6.93. The fourth-order valence-electron chi connectivity index (χ4n) is 3.73. The van der Waals surface area contributed by atoms with Gasteiger partial charge in [-0.3, -0.25) is 0 Å². The molecule has 0 amide bonds. The van der Waals surface area contributed by atoms with Gasteiger partial charge in [-0.25, -0.2) is 0 Å². The molecule has 0 radical (unpaired) electrons. The topological polar surface area (TPSA) is 46.1 Å². The lowest BCUT2D eigenvalue weighted by Crippen LogP contribution is -2.09. The largest absolute Gasteiger partial charge is 0.872 e. The van der Waals surface area contributed by atoms with Crippen LogP contribution in [0.3, 0.4) is 0 Å². The van der Waals surface area contributed by atoms with Crippen molar-refractivity contribution in [3.8, 4) is 11.5 Å². The minimum Gasteiger partial charge on any atom is -0.872 e. The highest BCUT2D eigenvalue weighted by molar-refractivity contribution is 7.97. The smallest absolute Gasteiger partial charge is 0.155 e. The Morgan fingerprint density at radius 1 is 0.640 bits per heavy atom. The van der Waals surface area contributed by atoms with Crippen molar-refractivity contribution < 1.29 is 10.2 Å². The molecule has 4 heteroatoms. The molecule has 4 rings (SSSR count). The average Bonchev–Trinajstić information content (AvgIpc) is 3.32. The minimum atomic E-state index is 0.0691. The maximum atomic E-state index is 12.3. The molecule has 2 aromatic carbocycles. The molecule has 25 heavy (non-hydrogen) atoms. The van der Waals surface area contributed by atoms with Gasteiger partial charge in [0, 0.05) is 21.8 Å². The molecule has 0 aromatic heterocycles. The molecule has 2 aliphatic rings. The van der Waals surface area contributed by atoms with Gasteiger partial charge in [0.25, 0.3) is 0 Å². The van der Waals surface area contributed by atoms with Crippen LogP contribution in [-0.4, -0.2) is 23.0 Å². The van der Waals surface area contributed by atoms with Gasteiger partial charge in [-0.2, -0.15) is 0 Å². The summed E-state index contributed by atoms with van der Waals surface area (Å²) in [5.41, 5.74) is 1.59. The summed E-state index contributed by atoms with van der Waals surface area (Å²) >= 11 is 0. The van der Waals surface area contributed by atoms with Crippen molar-refractivity contribution in [1.29, 1.82) is 0 Å². The van der Waals surface area contributed by atoms with E-state index in [1.807, 2.05) is 12.1 Å². The van der Waals surface area contributed by atoms with Gasteiger partial charge in [-0.1, -0.05) is 12.1 Å². The second kappa shape index (κ2) is 7.55. The Balaban J connectivity index is 1.60. The molecule has 2 aliphatic heterocycles. The summed E-state index contributed by atoms with van der Waals surface area (Å²) in [6.07, 6.45) is 5.67. The first-order valence-corrected chi connectivity index (χ1v) is 12.3. The van der Waals surface area contributed by atoms with Gasteiger partial charge in [-0.05, 0) is 67.5 Å². The van der Waals surface area contributed by atoms with Crippen LogP contribution in [-0.2, 0) is 28.2 Å². The third-order valence-electron chi connectivity index (χ3n) is 5.17. The van der Waals surface area contributed by atoms with E-state index < -0.39 is 0 Å². The molecule has 0 spiro atoms. The highest BCUT2D eigenvalue weighted by atomic mass is 32.2. The van der Waals surface area contributed by atoms with E-state index in [0.29, 0.717) is 28.2 Å². The van der Waals surface area contributed by atoms with Crippen molar-refractivity contribution in [2.24, 2.45) is 0 Å². The minimum absolute atomic E-state index is 0.0691. The van der Waals surface area contributed by atoms with Gasteiger partial charge in [-0.15, -0.1) is 11.5 Å². The maximum Gasteiger partial charge on any atom is 0.155 e. The molecule has 2 heterocycles. The van der Waals surface area contributed by atoms with Gasteiger partial charge in [0.05, 0.1) is 0 Å². The molecule has 0 aliphatic carbocycles. The second-order valence-corrected chi connectivity index (χ2v) is 11.5. The molecule has 2 aromatic rings. The molecule has 0 atom stereocenters. The molecule has 2 nitrogen and oxygen atoms in total. The lowest BCUT2D eigenvalue weighted by molar-refractivity contribution is -0.270. The molecular weight excluding hydrogens is 348 g/mol. The Bertz CT molecular complexity index is 684. The molecule has 0 N–H and O–H groups in total. The number of hydrogen-bond acceptors (Lipinski definition) is 2. The summed E-state index contributed by atoms with van der Waals surface area (Å²) in [7, 11) is 0.611. The summed E-state index contributed by atoms with van der Waals surface area (Å²) in [6.45, 7) is 0. The summed E-state index contributed by atoms with van der Waals surface area (Å²) < 4.78 is 0. The molecule has 0 saturated carbocycles. The van der Waals surface area contributed by atoms with Crippen molar-refractivity contribution in [2.45, 2.75) is 41.9 Å². The molecule has 0 bridgehead atoms. The lowest BCUT2D eigenvalue weighted by Gasteiger charge is -2.18. The first-order valence-electron chi connectivity index (χ1n) is 9.15. The van der Waals surface area contributed by atoms with Crippen LogP contribution in [0, 0.1) is 0 Å². The van der Waals surface area contributed by atoms with Gasteiger partial charge in [0.2, 0.25) is 0 Å². The molecule has 2 fully saturated rings. The van der Waals surface area contributed by atoms with Crippen molar-refractivity contribution >= 4 is 21.8 Å². The molecule has 2 saturated heterocycles. The fourth-order valence-corrected chi connectivity index (χ4v) is 8.43. The Morgan fingerprint density at radius 3 is 1.44 bits per heavy atom. The normalized spacial score (nSPS) is 18.9. The van der Waals surface area contributed by atoms with Crippen LogP contribution < -0.4 is 10.2 Å². The monoisotopic (exact) mass is 372 g/mol. The third-order valence-corrected chi connectivity index (χ3v) is 10.1. The standard InChI is InChI=1S/C21H24O2S2/c22-20-7-5-18(24-9-1-2-10-24)14-16(20)13-17-15-19(6-8-21(17)23)25-11-3-4-12-25/h5-8,14-15H,1-4,9-13H2. The number of benzene rings is 2. The molecule has 0 unspecified atom stereocenters. The Kier molecular flexibility index (Phi) is 5.18.